The van der Waals surface area contributed by atoms with Crippen LogP contribution in [0, 0.1) is 6.92 Å². The summed E-state index contributed by atoms with van der Waals surface area (Å²) in [4.78, 5) is 8.77. The summed E-state index contributed by atoms with van der Waals surface area (Å²) in [5.74, 6) is 0.888. The number of hydrogen-bond acceptors (Lipinski definition) is 2. The first-order valence-corrected chi connectivity index (χ1v) is 5.58. The molecule has 1 aromatic heterocycles. The van der Waals surface area contributed by atoms with E-state index in [-0.39, 0.29) is 0 Å². The van der Waals surface area contributed by atoms with Gasteiger partial charge in [0.05, 0.1) is 0 Å². The first-order valence-electron chi connectivity index (χ1n) is 5.20. The van der Waals surface area contributed by atoms with Crippen molar-refractivity contribution in [2.24, 2.45) is 0 Å². The highest BCUT2D eigenvalue weighted by molar-refractivity contribution is 6.30. The predicted molar refractivity (Wildman–Crippen MR) is 59.8 cm³/mol. The summed E-state index contributed by atoms with van der Waals surface area (Å²) in [5, 5.41) is 0.614. The van der Waals surface area contributed by atoms with E-state index >= 15 is 0 Å². The second kappa shape index (κ2) is 5.30. The van der Waals surface area contributed by atoms with Crippen LogP contribution in [0.1, 0.15) is 43.8 Å². The molecule has 0 bridgehead atoms. The van der Waals surface area contributed by atoms with Crippen LogP contribution in [0.5, 0.6) is 0 Å². The van der Waals surface area contributed by atoms with E-state index in [1.807, 2.05) is 6.92 Å². The molecule has 14 heavy (non-hydrogen) atoms. The van der Waals surface area contributed by atoms with Crippen molar-refractivity contribution in [3.05, 3.63) is 22.2 Å². The van der Waals surface area contributed by atoms with Crippen molar-refractivity contribution in [2.45, 2.75) is 46.5 Å². The molecule has 0 aromatic carbocycles. The smallest absolute Gasteiger partial charge is 0.135 e. The Morgan fingerprint density at radius 2 is 1.93 bits per heavy atom. The van der Waals surface area contributed by atoms with Gasteiger partial charge in [-0.2, -0.15) is 0 Å². The zero-order chi connectivity index (χ0) is 10.6. The summed E-state index contributed by atoms with van der Waals surface area (Å²) >= 11 is 6.03. The zero-order valence-electron chi connectivity index (χ0n) is 9.10. The molecule has 1 rings (SSSR count). The van der Waals surface area contributed by atoms with Crippen LogP contribution in [-0.4, -0.2) is 9.97 Å². The Morgan fingerprint density at radius 3 is 2.50 bits per heavy atom. The fraction of sp³-hybridized carbons (Fsp3) is 0.636. The Balaban J connectivity index is 2.91. The number of nitrogens with zero attached hydrogens (tertiary/aromatic N) is 2. The molecule has 0 atom stereocenters. The highest BCUT2D eigenvalue weighted by atomic mass is 35.5. The number of aromatic nitrogens is 2. The second-order valence-corrected chi connectivity index (χ2v) is 3.82. The van der Waals surface area contributed by atoms with Gasteiger partial charge < -0.3 is 0 Å². The molecule has 0 fully saturated rings. The zero-order valence-corrected chi connectivity index (χ0v) is 9.86. The minimum Gasteiger partial charge on any atom is -0.238 e. The molecule has 0 aliphatic heterocycles. The van der Waals surface area contributed by atoms with Crippen LogP contribution >= 0.6 is 11.6 Å². The standard InChI is InChI=1S/C11H17ClN2/c1-4-6-7-10-13-9(5-2)8(3)11(12)14-10/h4-7H2,1-3H3. The summed E-state index contributed by atoms with van der Waals surface area (Å²) in [6.07, 6.45) is 4.15. The Hall–Kier alpha value is -0.630. The van der Waals surface area contributed by atoms with E-state index in [4.69, 9.17) is 11.6 Å². The van der Waals surface area contributed by atoms with Crippen LogP contribution in [0.3, 0.4) is 0 Å². The summed E-state index contributed by atoms with van der Waals surface area (Å²) in [6.45, 7) is 6.23. The van der Waals surface area contributed by atoms with Crippen LogP contribution in [0.15, 0.2) is 0 Å². The fourth-order valence-electron chi connectivity index (χ4n) is 1.37. The van der Waals surface area contributed by atoms with E-state index in [2.05, 4.69) is 23.8 Å². The molecule has 0 radical (unpaired) electrons. The van der Waals surface area contributed by atoms with Gasteiger partial charge in [0.1, 0.15) is 11.0 Å². The van der Waals surface area contributed by atoms with Gasteiger partial charge in [0, 0.05) is 17.7 Å². The molecule has 3 heteroatoms. The molecular formula is C11H17ClN2. The molecule has 0 unspecified atom stereocenters. The van der Waals surface area contributed by atoms with Crippen LogP contribution in [0.4, 0.5) is 0 Å². The van der Waals surface area contributed by atoms with E-state index in [0.717, 1.165) is 42.8 Å². The number of aryl methyl sites for hydroxylation is 2. The van der Waals surface area contributed by atoms with Crippen molar-refractivity contribution >= 4 is 11.6 Å². The molecule has 1 aromatic rings. The van der Waals surface area contributed by atoms with Crippen LogP contribution in [0.25, 0.3) is 0 Å². The van der Waals surface area contributed by atoms with Gasteiger partial charge >= 0.3 is 0 Å². The monoisotopic (exact) mass is 212 g/mol. The number of unbranched alkanes of at least 4 members (excludes halogenated alkanes) is 1. The maximum atomic E-state index is 6.03. The normalized spacial score (nSPS) is 10.6. The number of halogens is 1. The second-order valence-electron chi connectivity index (χ2n) is 3.46. The maximum Gasteiger partial charge on any atom is 0.135 e. The Morgan fingerprint density at radius 1 is 1.21 bits per heavy atom. The van der Waals surface area contributed by atoms with Crippen LogP contribution in [-0.2, 0) is 12.8 Å². The average Bonchev–Trinajstić information content (AvgIpc) is 2.19. The molecule has 0 amide bonds. The predicted octanol–water partition coefficient (Wildman–Crippen LogP) is 3.34. The molecule has 0 saturated carbocycles. The third-order valence-electron chi connectivity index (χ3n) is 2.32. The van der Waals surface area contributed by atoms with Crippen molar-refractivity contribution in [2.75, 3.05) is 0 Å². The summed E-state index contributed by atoms with van der Waals surface area (Å²) < 4.78 is 0. The van der Waals surface area contributed by atoms with Crippen molar-refractivity contribution in [1.82, 2.24) is 9.97 Å². The topological polar surface area (TPSA) is 25.8 Å². The van der Waals surface area contributed by atoms with Crippen LogP contribution in [0.2, 0.25) is 5.15 Å². The molecule has 0 N–H and O–H groups in total. The Bertz CT molecular complexity index is 310. The van der Waals surface area contributed by atoms with Crippen molar-refractivity contribution in [3.8, 4) is 0 Å². The molecule has 0 spiro atoms. The summed E-state index contributed by atoms with van der Waals surface area (Å²) in [7, 11) is 0. The summed E-state index contributed by atoms with van der Waals surface area (Å²) in [5.41, 5.74) is 2.10. The molecule has 0 aliphatic rings. The molecular weight excluding hydrogens is 196 g/mol. The van der Waals surface area contributed by atoms with E-state index in [1.54, 1.807) is 0 Å². The number of rotatable bonds is 4. The maximum absolute atomic E-state index is 6.03. The first kappa shape index (κ1) is 11.4. The lowest BCUT2D eigenvalue weighted by Gasteiger charge is -2.06. The van der Waals surface area contributed by atoms with E-state index in [1.165, 1.54) is 0 Å². The largest absolute Gasteiger partial charge is 0.238 e. The Labute approximate surface area is 90.7 Å². The third kappa shape index (κ3) is 2.68. The fourth-order valence-corrected chi connectivity index (χ4v) is 1.58. The first-order chi connectivity index (χ1) is 6.69. The molecule has 1 heterocycles. The lowest BCUT2D eigenvalue weighted by Crippen LogP contribution is -2.02. The number of hydrogen-bond donors (Lipinski definition) is 0. The van der Waals surface area contributed by atoms with Gasteiger partial charge in [-0.15, -0.1) is 0 Å². The van der Waals surface area contributed by atoms with Gasteiger partial charge in [-0.05, 0) is 19.8 Å². The lowest BCUT2D eigenvalue weighted by atomic mass is 10.2. The van der Waals surface area contributed by atoms with Gasteiger partial charge in [0.15, 0.2) is 0 Å². The SMILES string of the molecule is CCCCc1nc(Cl)c(C)c(CC)n1. The van der Waals surface area contributed by atoms with E-state index in [9.17, 15) is 0 Å². The van der Waals surface area contributed by atoms with Crippen molar-refractivity contribution < 1.29 is 0 Å². The minimum atomic E-state index is 0.614. The molecule has 78 valence electrons. The third-order valence-corrected chi connectivity index (χ3v) is 2.69. The lowest BCUT2D eigenvalue weighted by molar-refractivity contribution is 0.741. The van der Waals surface area contributed by atoms with Gasteiger partial charge in [-0.1, -0.05) is 31.9 Å². The quantitative estimate of drug-likeness (QED) is 0.716. The van der Waals surface area contributed by atoms with Crippen molar-refractivity contribution in [1.29, 1.82) is 0 Å². The van der Waals surface area contributed by atoms with Crippen molar-refractivity contribution in [3.63, 3.8) is 0 Å². The van der Waals surface area contributed by atoms with Gasteiger partial charge in [0.2, 0.25) is 0 Å². The van der Waals surface area contributed by atoms with E-state index < -0.39 is 0 Å². The molecule has 2 nitrogen and oxygen atoms in total. The van der Waals surface area contributed by atoms with Gasteiger partial charge in [0.25, 0.3) is 0 Å². The summed E-state index contributed by atoms with van der Waals surface area (Å²) in [6, 6.07) is 0. The molecule has 0 aliphatic carbocycles. The van der Waals surface area contributed by atoms with Gasteiger partial charge in [-0.3, -0.25) is 0 Å². The van der Waals surface area contributed by atoms with Gasteiger partial charge in [-0.25, -0.2) is 9.97 Å². The van der Waals surface area contributed by atoms with E-state index in [0.29, 0.717) is 5.15 Å². The van der Waals surface area contributed by atoms with Crippen LogP contribution < -0.4 is 0 Å². The minimum absolute atomic E-state index is 0.614. The highest BCUT2D eigenvalue weighted by Gasteiger charge is 2.07. The Kier molecular flexibility index (Phi) is 4.33. The molecule has 0 saturated heterocycles. The highest BCUT2D eigenvalue weighted by Crippen LogP contribution is 2.16. The average molecular weight is 213 g/mol.